The predicted octanol–water partition coefficient (Wildman–Crippen LogP) is 1.87. The van der Waals surface area contributed by atoms with Crippen molar-refractivity contribution in [3.05, 3.63) is 34.3 Å². The maximum absolute atomic E-state index is 11.1. The van der Waals surface area contributed by atoms with Crippen molar-refractivity contribution in [2.45, 2.75) is 13.0 Å². The summed E-state index contributed by atoms with van der Waals surface area (Å²) in [6.07, 6.45) is 1.16. The first-order chi connectivity index (χ1) is 12.3. The van der Waals surface area contributed by atoms with E-state index in [4.69, 9.17) is 0 Å². The molecule has 1 heterocycles. The van der Waals surface area contributed by atoms with Gasteiger partial charge in [-0.05, 0) is 24.6 Å². The molecule has 0 saturated carbocycles. The summed E-state index contributed by atoms with van der Waals surface area (Å²) >= 11 is 3.48. The van der Waals surface area contributed by atoms with E-state index < -0.39 is 10.0 Å². The van der Waals surface area contributed by atoms with Gasteiger partial charge in [-0.3, -0.25) is 9.89 Å². The Morgan fingerprint density at radius 1 is 1.19 bits per heavy atom. The molecule has 27 heavy (non-hydrogen) atoms. The summed E-state index contributed by atoms with van der Waals surface area (Å²) in [5.74, 6) is 0.816. The number of nitrogens with one attached hydrogen (secondary N) is 2. The third kappa shape index (κ3) is 8.22. The third-order valence-electron chi connectivity index (χ3n) is 4.50. The van der Waals surface area contributed by atoms with Crippen LogP contribution >= 0.6 is 39.9 Å². The van der Waals surface area contributed by atoms with Gasteiger partial charge < -0.3 is 10.2 Å². The van der Waals surface area contributed by atoms with E-state index in [1.165, 1.54) is 5.56 Å². The second kappa shape index (κ2) is 11.5. The van der Waals surface area contributed by atoms with Gasteiger partial charge in [0.25, 0.3) is 0 Å². The van der Waals surface area contributed by atoms with Crippen molar-refractivity contribution in [1.29, 1.82) is 0 Å². The summed E-state index contributed by atoms with van der Waals surface area (Å²) in [4.78, 5) is 9.00. The molecule has 1 aliphatic rings. The Morgan fingerprint density at radius 2 is 1.78 bits per heavy atom. The van der Waals surface area contributed by atoms with Crippen molar-refractivity contribution < 1.29 is 8.42 Å². The molecule has 0 spiro atoms. The first-order valence-corrected chi connectivity index (χ1v) is 11.4. The van der Waals surface area contributed by atoms with Crippen LogP contribution in [0.25, 0.3) is 0 Å². The molecule has 1 atom stereocenters. The zero-order valence-electron chi connectivity index (χ0n) is 16.0. The van der Waals surface area contributed by atoms with Gasteiger partial charge in [0, 0.05) is 56.8 Å². The van der Waals surface area contributed by atoms with Gasteiger partial charge >= 0.3 is 0 Å². The Bertz CT molecular complexity index is 707. The van der Waals surface area contributed by atoms with Gasteiger partial charge in [-0.2, -0.15) is 0 Å². The molecule has 0 bridgehead atoms. The Balaban J connectivity index is 0.00000364. The number of nitrogens with zero attached hydrogens (tertiary/aromatic N) is 3. The normalized spacial score (nSPS) is 17.3. The molecular formula is C17H29BrIN5O2S. The number of piperazine rings is 1. The number of guanidine groups is 1. The number of hydrogen-bond donors (Lipinski definition) is 2. The Labute approximate surface area is 188 Å². The molecule has 7 nitrogen and oxygen atoms in total. The zero-order valence-corrected chi connectivity index (χ0v) is 20.7. The van der Waals surface area contributed by atoms with Gasteiger partial charge in [-0.15, -0.1) is 24.0 Å². The number of halogens is 2. The smallest absolute Gasteiger partial charge is 0.208 e. The van der Waals surface area contributed by atoms with Gasteiger partial charge in [0.2, 0.25) is 10.0 Å². The average Bonchev–Trinajstić information content (AvgIpc) is 2.61. The molecule has 1 saturated heterocycles. The fourth-order valence-electron chi connectivity index (χ4n) is 3.02. The summed E-state index contributed by atoms with van der Waals surface area (Å²) < 4.78 is 25.8. The molecule has 0 aromatic heterocycles. The number of hydrogen-bond acceptors (Lipinski definition) is 4. The van der Waals surface area contributed by atoms with Crippen LogP contribution in [0.3, 0.4) is 0 Å². The van der Waals surface area contributed by atoms with E-state index in [2.05, 4.69) is 72.0 Å². The van der Waals surface area contributed by atoms with Crippen molar-refractivity contribution >= 4 is 55.9 Å². The SMILES string of the molecule is CN=C(NCCNS(C)(=O)=O)N1CCN(C(C)c2ccc(Br)cc2)CC1.I. The third-order valence-corrected chi connectivity index (χ3v) is 5.76. The van der Waals surface area contributed by atoms with Gasteiger partial charge in [0.05, 0.1) is 6.26 Å². The lowest BCUT2D eigenvalue weighted by molar-refractivity contribution is 0.138. The maximum atomic E-state index is 11.1. The van der Waals surface area contributed by atoms with Crippen molar-refractivity contribution in [2.75, 3.05) is 52.6 Å². The average molecular weight is 574 g/mol. The van der Waals surface area contributed by atoms with E-state index in [1.54, 1.807) is 7.05 Å². The molecule has 1 aliphatic heterocycles. The maximum Gasteiger partial charge on any atom is 0.208 e. The minimum atomic E-state index is -3.15. The van der Waals surface area contributed by atoms with Crippen molar-refractivity contribution in [1.82, 2.24) is 19.8 Å². The van der Waals surface area contributed by atoms with Crippen LogP contribution in [0.5, 0.6) is 0 Å². The Hall–Kier alpha value is -0.430. The fourth-order valence-corrected chi connectivity index (χ4v) is 3.75. The largest absolute Gasteiger partial charge is 0.355 e. The van der Waals surface area contributed by atoms with Crippen LogP contribution in [-0.2, 0) is 10.0 Å². The lowest BCUT2D eigenvalue weighted by Gasteiger charge is -2.39. The van der Waals surface area contributed by atoms with Gasteiger partial charge in [0.1, 0.15) is 0 Å². The zero-order chi connectivity index (χ0) is 19.2. The minimum Gasteiger partial charge on any atom is -0.355 e. The highest BCUT2D eigenvalue weighted by Crippen LogP contribution is 2.23. The molecule has 0 aliphatic carbocycles. The predicted molar refractivity (Wildman–Crippen MR) is 125 cm³/mol. The van der Waals surface area contributed by atoms with E-state index in [9.17, 15) is 8.42 Å². The van der Waals surface area contributed by atoms with Gasteiger partial charge in [0.15, 0.2) is 5.96 Å². The van der Waals surface area contributed by atoms with Gasteiger partial charge in [-0.25, -0.2) is 13.1 Å². The minimum absolute atomic E-state index is 0. The second-order valence-corrected chi connectivity index (χ2v) is 9.14. The Kier molecular flexibility index (Phi) is 10.5. The Morgan fingerprint density at radius 3 is 2.30 bits per heavy atom. The highest BCUT2D eigenvalue weighted by atomic mass is 127. The number of sulfonamides is 1. The highest BCUT2D eigenvalue weighted by Gasteiger charge is 2.23. The van der Waals surface area contributed by atoms with Crippen molar-refractivity contribution in [3.8, 4) is 0 Å². The molecule has 2 N–H and O–H groups in total. The van der Waals surface area contributed by atoms with Crippen LogP contribution in [0.2, 0.25) is 0 Å². The van der Waals surface area contributed by atoms with Crippen LogP contribution in [0.4, 0.5) is 0 Å². The number of aliphatic imine (C=N–C) groups is 1. The van der Waals surface area contributed by atoms with Crippen molar-refractivity contribution in [2.24, 2.45) is 4.99 Å². The van der Waals surface area contributed by atoms with Crippen molar-refractivity contribution in [3.63, 3.8) is 0 Å². The summed E-state index contributed by atoms with van der Waals surface area (Å²) in [5.41, 5.74) is 1.32. The molecule has 0 amide bonds. The molecule has 154 valence electrons. The molecule has 1 aromatic carbocycles. The molecule has 2 rings (SSSR count). The lowest BCUT2D eigenvalue weighted by Crippen LogP contribution is -2.53. The van der Waals surface area contributed by atoms with E-state index in [0.29, 0.717) is 19.1 Å². The van der Waals surface area contributed by atoms with Crippen LogP contribution in [0.1, 0.15) is 18.5 Å². The van der Waals surface area contributed by atoms with Crippen LogP contribution in [0, 0.1) is 0 Å². The summed E-state index contributed by atoms with van der Waals surface area (Å²) in [7, 11) is -1.40. The van der Waals surface area contributed by atoms with Gasteiger partial charge in [-0.1, -0.05) is 28.1 Å². The summed E-state index contributed by atoms with van der Waals surface area (Å²) in [6, 6.07) is 8.86. The topological polar surface area (TPSA) is 77.0 Å². The molecule has 0 radical (unpaired) electrons. The van der Waals surface area contributed by atoms with E-state index in [-0.39, 0.29) is 24.0 Å². The quantitative estimate of drug-likeness (QED) is 0.235. The lowest BCUT2D eigenvalue weighted by atomic mass is 10.1. The summed E-state index contributed by atoms with van der Waals surface area (Å²) in [5, 5.41) is 3.22. The van der Waals surface area contributed by atoms with Crippen LogP contribution in [0.15, 0.2) is 33.7 Å². The van der Waals surface area contributed by atoms with E-state index in [0.717, 1.165) is 42.9 Å². The molecule has 1 aromatic rings. The second-order valence-electron chi connectivity index (χ2n) is 6.39. The number of benzene rings is 1. The fraction of sp³-hybridized carbons (Fsp3) is 0.588. The molecule has 1 fully saturated rings. The standard InChI is InChI=1S/C17H28BrN5O2S.HI/c1-14(15-4-6-16(18)7-5-15)22-10-12-23(13-11-22)17(19-2)20-8-9-21-26(3,24)25;/h4-7,14,21H,8-13H2,1-3H3,(H,19,20);1H. The molecular weight excluding hydrogens is 545 g/mol. The first-order valence-electron chi connectivity index (χ1n) is 8.70. The first kappa shape index (κ1) is 24.6. The van der Waals surface area contributed by atoms with E-state index >= 15 is 0 Å². The monoisotopic (exact) mass is 573 g/mol. The van der Waals surface area contributed by atoms with E-state index in [1.807, 2.05) is 0 Å². The summed E-state index contributed by atoms with van der Waals surface area (Å²) in [6.45, 7) is 6.79. The number of rotatable bonds is 6. The van der Waals surface area contributed by atoms with Crippen LogP contribution < -0.4 is 10.0 Å². The molecule has 1 unspecified atom stereocenters. The van der Waals surface area contributed by atoms with Crippen LogP contribution in [-0.4, -0.2) is 76.7 Å². The highest BCUT2D eigenvalue weighted by molar-refractivity contribution is 14.0. The molecule has 10 heteroatoms.